The molecule has 1 atom stereocenters. The van der Waals surface area contributed by atoms with E-state index in [1.54, 1.807) is 7.11 Å². The maximum Gasteiger partial charge on any atom is 0.0508 e. The summed E-state index contributed by atoms with van der Waals surface area (Å²) < 4.78 is 5.23. The van der Waals surface area contributed by atoms with Crippen LogP contribution in [0, 0.1) is 5.92 Å². The van der Waals surface area contributed by atoms with Gasteiger partial charge in [-0.1, -0.05) is 33.6 Å². The molecule has 0 radical (unpaired) electrons. The molecule has 1 unspecified atom stereocenters. The van der Waals surface area contributed by atoms with Crippen molar-refractivity contribution in [3.05, 3.63) is 28.8 Å². The van der Waals surface area contributed by atoms with Gasteiger partial charge in [0.05, 0.1) is 6.61 Å². The molecule has 0 amide bonds. The van der Waals surface area contributed by atoms with Crippen molar-refractivity contribution in [2.45, 2.75) is 11.8 Å². The molecule has 1 aliphatic rings. The molecular weight excluding hydrogens is 302 g/mol. The first-order valence-corrected chi connectivity index (χ1v) is 7.32. The van der Waals surface area contributed by atoms with E-state index in [0.717, 1.165) is 30.0 Å². The Morgan fingerprint density at radius 2 is 2.35 bits per heavy atom. The van der Waals surface area contributed by atoms with Crippen LogP contribution in [0.2, 0.25) is 5.02 Å². The molecule has 2 rings (SSSR count). The first-order valence-electron chi connectivity index (χ1n) is 5.83. The molecule has 0 N–H and O–H groups in total. The van der Waals surface area contributed by atoms with Gasteiger partial charge in [0, 0.05) is 42.2 Å². The third-order valence-corrected chi connectivity index (χ3v) is 4.06. The number of hydrogen-bond donors (Lipinski definition) is 0. The maximum atomic E-state index is 6.08. The molecule has 1 fully saturated rings. The van der Waals surface area contributed by atoms with Gasteiger partial charge in [-0.25, -0.2) is 0 Å². The molecule has 0 aromatic heterocycles. The fraction of sp³-hybridized carbons (Fsp3) is 0.538. The number of methoxy groups -OCH3 is 1. The highest BCUT2D eigenvalue weighted by atomic mass is 79.9. The quantitative estimate of drug-likeness (QED) is 0.785. The summed E-state index contributed by atoms with van der Waals surface area (Å²) in [7, 11) is 1.77. The van der Waals surface area contributed by atoms with E-state index in [1.165, 1.54) is 17.7 Å². The molecule has 4 heteroatoms. The van der Waals surface area contributed by atoms with Gasteiger partial charge in [-0.05, 0) is 24.1 Å². The topological polar surface area (TPSA) is 12.5 Å². The number of alkyl halides is 1. The Labute approximate surface area is 116 Å². The summed E-state index contributed by atoms with van der Waals surface area (Å²) in [6.45, 7) is 3.00. The van der Waals surface area contributed by atoms with Crippen LogP contribution in [0.4, 0.5) is 5.69 Å². The molecule has 1 saturated heterocycles. The number of ether oxygens (including phenoxy) is 1. The first-order chi connectivity index (χ1) is 8.24. The maximum absolute atomic E-state index is 6.08. The largest absolute Gasteiger partial charge is 0.384 e. The van der Waals surface area contributed by atoms with E-state index < -0.39 is 0 Å². The zero-order chi connectivity index (χ0) is 12.3. The van der Waals surface area contributed by atoms with Crippen LogP contribution in [-0.4, -0.2) is 26.8 Å². The van der Waals surface area contributed by atoms with E-state index in [1.807, 2.05) is 6.07 Å². The zero-order valence-corrected chi connectivity index (χ0v) is 12.3. The molecule has 1 aromatic carbocycles. The highest BCUT2D eigenvalue weighted by molar-refractivity contribution is 9.08. The SMILES string of the molecule is COCC1CCN(c2cc(Cl)ccc2CBr)C1. The standard InChI is InChI=1S/C13H17BrClNO/c1-17-9-10-4-5-16(8-10)13-6-12(15)3-2-11(13)7-14/h2-3,6,10H,4-5,7-9H2,1H3. The van der Waals surface area contributed by atoms with Crippen LogP contribution in [0.25, 0.3) is 0 Å². The van der Waals surface area contributed by atoms with Crippen LogP contribution in [0.3, 0.4) is 0 Å². The Balaban J connectivity index is 2.14. The van der Waals surface area contributed by atoms with E-state index in [0.29, 0.717) is 5.92 Å². The third-order valence-electron chi connectivity index (χ3n) is 3.22. The van der Waals surface area contributed by atoms with Crippen LogP contribution in [0.1, 0.15) is 12.0 Å². The number of rotatable bonds is 4. The smallest absolute Gasteiger partial charge is 0.0508 e. The second kappa shape index (κ2) is 6.07. The summed E-state index contributed by atoms with van der Waals surface area (Å²) >= 11 is 9.61. The average Bonchev–Trinajstić information content (AvgIpc) is 2.78. The van der Waals surface area contributed by atoms with Gasteiger partial charge in [-0.15, -0.1) is 0 Å². The van der Waals surface area contributed by atoms with Crippen molar-refractivity contribution in [3.63, 3.8) is 0 Å². The van der Waals surface area contributed by atoms with Gasteiger partial charge in [0.1, 0.15) is 0 Å². The lowest BCUT2D eigenvalue weighted by molar-refractivity contribution is 0.161. The molecule has 94 valence electrons. The van der Waals surface area contributed by atoms with Gasteiger partial charge in [0.25, 0.3) is 0 Å². The molecule has 0 spiro atoms. The Bertz CT molecular complexity index is 386. The normalized spacial score (nSPS) is 19.9. The Kier molecular flexibility index (Phi) is 4.71. The van der Waals surface area contributed by atoms with E-state index in [-0.39, 0.29) is 0 Å². The average molecular weight is 319 g/mol. The first kappa shape index (κ1) is 13.2. The molecular formula is C13H17BrClNO. The Morgan fingerprint density at radius 1 is 1.53 bits per heavy atom. The second-order valence-electron chi connectivity index (χ2n) is 4.46. The highest BCUT2D eigenvalue weighted by Gasteiger charge is 2.24. The molecule has 0 aliphatic carbocycles. The molecule has 0 bridgehead atoms. The van der Waals surface area contributed by atoms with Crippen LogP contribution in [-0.2, 0) is 10.1 Å². The Hall–Kier alpha value is -0.250. The summed E-state index contributed by atoms with van der Waals surface area (Å²) in [5.74, 6) is 0.641. The van der Waals surface area contributed by atoms with E-state index in [4.69, 9.17) is 16.3 Å². The van der Waals surface area contributed by atoms with Crippen molar-refractivity contribution < 1.29 is 4.74 Å². The minimum absolute atomic E-state index is 0.641. The van der Waals surface area contributed by atoms with Crippen LogP contribution in [0.15, 0.2) is 18.2 Å². The van der Waals surface area contributed by atoms with E-state index in [2.05, 4.69) is 33.0 Å². The van der Waals surface area contributed by atoms with Gasteiger partial charge < -0.3 is 9.64 Å². The number of halogens is 2. The lowest BCUT2D eigenvalue weighted by atomic mass is 10.1. The highest BCUT2D eigenvalue weighted by Crippen LogP contribution is 2.31. The Morgan fingerprint density at radius 3 is 3.06 bits per heavy atom. The molecule has 1 heterocycles. The van der Waals surface area contributed by atoms with Crippen LogP contribution >= 0.6 is 27.5 Å². The lowest BCUT2D eigenvalue weighted by Gasteiger charge is -2.21. The molecule has 2 nitrogen and oxygen atoms in total. The van der Waals surface area contributed by atoms with Gasteiger partial charge in [-0.2, -0.15) is 0 Å². The van der Waals surface area contributed by atoms with Crippen LogP contribution < -0.4 is 4.90 Å². The summed E-state index contributed by atoms with van der Waals surface area (Å²) in [4.78, 5) is 2.41. The minimum Gasteiger partial charge on any atom is -0.384 e. The predicted octanol–water partition coefficient (Wildman–Crippen LogP) is 3.71. The fourth-order valence-electron chi connectivity index (χ4n) is 2.37. The van der Waals surface area contributed by atoms with Crippen molar-refractivity contribution in [2.24, 2.45) is 5.92 Å². The lowest BCUT2D eigenvalue weighted by Crippen LogP contribution is -2.22. The zero-order valence-electron chi connectivity index (χ0n) is 9.96. The fourth-order valence-corrected chi connectivity index (χ4v) is 3.01. The van der Waals surface area contributed by atoms with E-state index in [9.17, 15) is 0 Å². The summed E-state index contributed by atoms with van der Waals surface area (Å²) in [6, 6.07) is 6.10. The molecule has 1 aliphatic heterocycles. The van der Waals surface area contributed by atoms with Gasteiger partial charge in [-0.3, -0.25) is 0 Å². The second-order valence-corrected chi connectivity index (χ2v) is 5.46. The molecule has 1 aromatic rings. The molecule has 0 saturated carbocycles. The summed E-state index contributed by atoms with van der Waals surface area (Å²) in [5.41, 5.74) is 2.56. The van der Waals surface area contributed by atoms with Crippen molar-refractivity contribution in [2.75, 3.05) is 31.7 Å². The summed E-state index contributed by atoms with van der Waals surface area (Å²) in [6.07, 6.45) is 1.20. The number of anilines is 1. The van der Waals surface area contributed by atoms with Crippen LogP contribution in [0.5, 0.6) is 0 Å². The third kappa shape index (κ3) is 3.15. The van der Waals surface area contributed by atoms with E-state index >= 15 is 0 Å². The minimum atomic E-state index is 0.641. The van der Waals surface area contributed by atoms with Crippen molar-refractivity contribution >= 4 is 33.2 Å². The number of nitrogens with zero attached hydrogens (tertiary/aromatic N) is 1. The molecule has 17 heavy (non-hydrogen) atoms. The van der Waals surface area contributed by atoms with Crippen molar-refractivity contribution in [1.82, 2.24) is 0 Å². The predicted molar refractivity (Wildman–Crippen MR) is 76.3 cm³/mol. The number of hydrogen-bond acceptors (Lipinski definition) is 2. The summed E-state index contributed by atoms with van der Waals surface area (Å²) in [5, 5.41) is 1.67. The van der Waals surface area contributed by atoms with Gasteiger partial charge in [0.2, 0.25) is 0 Å². The van der Waals surface area contributed by atoms with Crippen molar-refractivity contribution in [3.8, 4) is 0 Å². The number of benzene rings is 1. The van der Waals surface area contributed by atoms with Gasteiger partial charge in [0.15, 0.2) is 0 Å². The monoisotopic (exact) mass is 317 g/mol. The van der Waals surface area contributed by atoms with Gasteiger partial charge >= 0.3 is 0 Å². The van der Waals surface area contributed by atoms with Crippen molar-refractivity contribution in [1.29, 1.82) is 0 Å².